The maximum absolute atomic E-state index is 13.0. The van der Waals surface area contributed by atoms with Crippen molar-refractivity contribution in [1.29, 1.82) is 0 Å². The number of methoxy groups -OCH3 is 1. The number of aromatic nitrogens is 2. The van der Waals surface area contributed by atoms with E-state index < -0.39 is 11.9 Å². The number of carbonyl (C=O) groups excluding carboxylic acids is 2. The predicted molar refractivity (Wildman–Crippen MR) is 94.3 cm³/mol. The third kappa shape index (κ3) is 3.73. The summed E-state index contributed by atoms with van der Waals surface area (Å²) in [5, 5.41) is 7.03. The van der Waals surface area contributed by atoms with E-state index in [1.807, 2.05) is 0 Å². The summed E-state index contributed by atoms with van der Waals surface area (Å²) in [5.41, 5.74) is 1.25. The van der Waals surface area contributed by atoms with Gasteiger partial charge in [0.2, 0.25) is 0 Å². The molecule has 3 rings (SSSR count). The largest absolute Gasteiger partial charge is 0.465 e. The monoisotopic (exact) mass is 373 g/mol. The van der Waals surface area contributed by atoms with Crippen molar-refractivity contribution in [1.82, 2.24) is 9.78 Å². The Hall–Kier alpha value is -3.19. The fourth-order valence-electron chi connectivity index (χ4n) is 2.23. The van der Waals surface area contributed by atoms with Gasteiger partial charge in [-0.1, -0.05) is 11.6 Å². The highest BCUT2D eigenvalue weighted by molar-refractivity contribution is 6.34. The number of halogens is 2. The first-order valence-electron chi connectivity index (χ1n) is 7.49. The van der Waals surface area contributed by atoms with E-state index >= 15 is 0 Å². The molecule has 2 aromatic carbocycles. The lowest BCUT2D eigenvalue weighted by Gasteiger charge is -2.08. The van der Waals surface area contributed by atoms with Gasteiger partial charge in [0, 0.05) is 6.20 Å². The normalized spacial score (nSPS) is 10.4. The molecule has 0 saturated carbocycles. The van der Waals surface area contributed by atoms with E-state index in [-0.39, 0.29) is 27.8 Å². The number of esters is 1. The minimum atomic E-state index is -0.544. The predicted octanol–water partition coefficient (Wildman–Crippen LogP) is 3.70. The van der Waals surface area contributed by atoms with Crippen LogP contribution in [0.25, 0.3) is 5.69 Å². The molecule has 1 amide bonds. The number of hydrogen-bond acceptors (Lipinski definition) is 4. The van der Waals surface area contributed by atoms with Gasteiger partial charge in [-0.05, 0) is 48.5 Å². The van der Waals surface area contributed by atoms with Crippen LogP contribution in [0.1, 0.15) is 20.8 Å². The summed E-state index contributed by atoms with van der Waals surface area (Å²) in [7, 11) is 1.26. The van der Waals surface area contributed by atoms with E-state index in [0.29, 0.717) is 5.69 Å². The summed E-state index contributed by atoms with van der Waals surface area (Å²) in [6.45, 7) is 0. The molecule has 3 aromatic rings. The number of nitrogens with one attached hydrogen (secondary N) is 1. The van der Waals surface area contributed by atoms with Crippen molar-refractivity contribution in [2.24, 2.45) is 0 Å². The van der Waals surface area contributed by atoms with Gasteiger partial charge in [-0.3, -0.25) is 4.79 Å². The van der Waals surface area contributed by atoms with Gasteiger partial charge in [0.25, 0.3) is 5.91 Å². The van der Waals surface area contributed by atoms with Crippen LogP contribution in [0.2, 0.25) is 5.02 Å². The summed E-state index contributed by atoms with van der Waals surface area (Å²) in [4.78, 5) is 24.0. The fraction of sp³-hybridized carbons (Fsp3) is 0.0556. The first kappa shape index (κ1) is 17.6. The molecule has 1 aromatic heterocycles. The number of ether oxygens (including phenoxy) is 1. The maximum Gasteiger partial charge on any atom is 0.337 e. The molecule has 0 saturated heterocycles. The molecule has 0 fully saturated rings. The smallest absolute Gasteiger partial charge is 0.337 e. The highest BCUT2D eigenvalue weighted by Gasteiger charge is 2.14. The van der Waals surface area contributed by atoms with Crippen LogP contribution in [-0.2, 0) is 4.74 Å². The van der Waals surface area contributed by atoms with E-state index in [4.69, 9.17) is 11.6 Å². The summed E-state index contributed by atoms with van der Waals surface area (Å²) in [5.74, 6) is -1.41. The Balaban J connectivity index is 1.81. The lowest BCUT2D eigenvalue weighted by atomic mass is 10.2. The molecule has 0 aliphatic heterocycles. The van der Waals surface area contributed by atoms with Gasteiger partial charge in [0.15, 0.2) is 5.69 Å². The molecule has 0 bridgehead atoms. The average Bonchev–Trinajstić information content (AvgIpc) is 3.13. The van der Waals surface area contributed by atoms with Gasteiger partial charge in [0.05, 0.1) is 29.1 Å². The van der Waals surface area contributed by atoms with Crippen molar-refractivity contribution in [3.05, 3.63) is 76.8 Å². The minimum Gasteiger partial charge on any atom is -0.465 e. The lowest BCUT2D eigenvalue weighted by Crippen LogP contribution is -2.14. The number of anilines is 1. The van der Waals surface area contributed by atoms with Gasteiger partial charge in [0.1, 0.15) is 5.82 Å². The number of benzene rings is 2. The van der Waals surface area contributed by atoms with E-state index in [1.165, 1.54) is 48.2 Å². The van der Waals surface area contributed by atoms with Gasteiger partial charge < -0.3 is 10.1 Å². The van der Waals surface area contributed by atoms with Crippen molar-refractivity contribution in [3.63, 3.8) is 0 Å². The second-order valence-corrected chi connectivity index (χ2v) is 5.67. The Bertz CT molecular complexity index is 970. The molecule has 8 heteroatoms. The highest BCUT2D eigenvalue weighted by atomic mass is 35.5. The minimum absolute atomic E-state index is 0.133. The van der Waals surface area contributed by atoms with Gasteiger partial charge in [-0.15, -0.1) is 0 Å². The molecule has 0 aliphatic carbocycles. The topological polar surface area (TPSA) is 73.2 Å². The first-order chi connectivity index (χ1) is 12.5. The zero-order valence-electron chi connectivity index (χ0n) is 13.6. The Morgan fingerprint density at radius 1 is 1.15 bits per heavy atom. The Morgan fingerprint density at radius 3 is 2.58 bits per heavy atom. The number of nitrogens with zero attached hydrogens (tertiary/aromatic N) is 2. The van der Waals surface area contributed by atoms with Crippen LogP contribution in [0, 0.1) is 5.82 Å². The standard InChI is InChI=1S/C18H13ClFN3O3/c1-26-18(25)11-2-7-14(19)16(10-11)21-17(24)15-8-9-23(22-15)13-5-3-12(20)4-6-13/h2-10H,1H3,(H,21,24). The van der Waals surface area contributed by atoms with E-state index in [2.05, 4.69) is 15.2 Å². The van der Waals surface area contributed by atoms with Crippen LogP contribution < -0.4 is 5.32 Å². The number of rotatable bonds is 4. The molecule has 0 atom stereocenters. The van der Waals surface area contributed by atoms with Crippen LogP contribution in [-0.4, -0.2) is 28.8 Å². The van der Waals surface area contributed by atoms with Crippen molar-refractivity contribution < 1.29 is 18.7 Å². The molecule has 6 nitrogen and oxygen atoms in total. The Labute approximate surface area is 153 Å². The van der Waals surface area contributed by atoms with Crippen molar-refractivity contribution in [2.45, 2.75) is 0 Å². The molecule has 0 aliphatic rings. The summed E-state index contributed by atoms with van der Waals surface area (Å²) < 4.78 is 19.1. The number of hydrogen-bond donors (Lipinski definition) is 1. The second-order valence-electron chi connectivity index (χ2n) is 5.26. The van der Waals surface area contributed by atoms with Crippen LogP contribution in [0.15, 0.2) is 54.7 Å². The SMILES string of the molecule is COC(=O)c1ccc(Cl)c(NC(=O)c2ccn(-c3ccc(F)cc3)n2)c1. The second kappa shape index (κ2) is 7.37. The third-order valence-corrected chi connectivity index (χ3v) is 3.88. The maximum atomic E-state index is 13.0. The molecule has 0 unspecified atom stereocenters. The molecule has 1 N–H and O–H groups in total. The number of amides is 1. The van der Waals surface area contributed by atoms with Gasteiger partial charge in [-0.2, -0.15) is 5.10 Å². The fourth-order valence-corrected chi connectivity index (χ4v) is 2.40. The Morgan fingerprint density at radius 2 is 1.88 bits per heavy atom. The average molecular weight is 374 g/mol. The molecule has 132 valence electrons. The summed E-state index contributed by atoms with van der Waals surface area (Å²) in [6, 6.07) is 11.6. The quantitative estimate of drug-likeness (QED) is 0.708. The summed E-state index contributed by atoms with van der Waals surface area (Å²) >= 11 is 6.06. The van der Waals surface area contributed by atoms with Crippen molar-refractivity contribution >= 4 is 29.2 Å². The van der Waals surface area contributed by atoms with Gasteiger partial charge in [-0.25, -0.2) is 13.9 Å². The lowest BCUT2D eigenvalue weighted by molar-refractivity contribution is 0.0600. The molecule has 1 heterocycles. The van der Waals surface area contributed by atoms with E-state index in [1.54, 1.807) is 18.3 Å². The molecule has 0 spiro atoms. The van der Waals surface area contributed by atoms with E-state index in [9.17, 15) is 14.0 Å². The highest BCUT2D eigenvalue weighted by Crippen LogP contribution is 2.24. The van der Waals surface area contributed by atoms with E-state index in [0.717, 1.165) is 0 Å². The molecular formula is C18H13ClFN3O3. The third-order valence-electron chi connectivity index (χ3n) is 3.55. The molecule has 26 heavy (non-hydrogen) atoms. The number of carbonyl (C=O) groups is 2. The zero-order valence-corrected chi connectivity index (χ0v) is 14.3. The Kier molecular flexibility index (Phi) is 4.99. The van der Waals surface area contributed by atoms with Crippen LogP contribution >= 0.6 is 11.6 Å². The van der Waals surface area contributed by atoms with Crippen LogP contribution in [0.3, 0.4) is 0 Å². The van der Waals surface area contributed by atoms with Crippen molar-refractivity contribution in [2.75, 3.05) is 12.4 Å². The van der Waals surface area contributed by atoms with Crippen LogP contribution in [0.5, 0.6) is 0 Å². The first-order valence-corrected chi connectivity index (χ1v) is 7.86. The molecule has 0 radical (unpaired) electrons. The van der Waals surface area contributed by atoms with Gasteiger partial charge >= 0.3 is 5.97 Å². The zero-order chi connectivity index (χ0) is 18.7. The molecular weight excluding hydrogens is 361 g/mol. The van der Waals surface area contributed by atoms with Crippen LogP contribution in [0.4, 0.5) is 10.1 Å². The summed E-state index contributed by atoms with van der Waals surface area (Å²) in [6.07, 6.45) is 1.58. The van der Waals surface area contributed by atoms with Crippen molar-refractivity contribution in [3.8, 4) is 5.69 Å².